The van der Waals surface area contributed by atoms with Crippen LogP contribution >= 0.6 is 0 Å². The number of nitrogens with one attached hydrogen (secondary N) is 1. The summed E-state index contributed by atoms with van der Waals surface area (Å²) in [6.45, 7) is 2.85. The Morgan fingerprint density at radius 3 is 3.11 bits per heavy atom. The Balaban J connectivity index is 1.49. The van der Waals surface area contributed by atoms with Gasteiger partial charge in [0.2, 0.25) is 0 Å². The van der Waals surface area contributed by atoms with Crippen molar-refractivity contribution in [1.29, 1.82) is 0 Å². The van der Waals surface area contributed by atoms with Crippen LogP contribution in [0.15, 0.2) is 30.9 Å². The fourth-order valence-electron chi connectivity index (χ4n) is 2.66. The van der Waals surface area contributed by atoms with Gasteiger partial charge in [0.1, 0.15) is 0 Å². The highest BCUT2D eigenvalue weighted by Gasteiger charge is 2.14. The van der Waals surface area contributed by atoms with Gasteiger partial charge in [-0.05, 0) is 37.3 Å². The molecule has 19 heavy (non-hydrogen) atoms. The van der Waals surface area contributed by atoms with Crippen molar-refractivity contribution < 1.29 is 0 Å². The van der Waals surface area contributed by atoms with E-state index in [2.05, 4.69) is 25.9 Å². The Hall–Kier alpha value is -1.68. The Bertz CT molecular complexity index is 518. The minimum absolute atomic E-state index is 0.880. The van der Waals surface area contributed by atoms with Crippen molar-refractivity contribution in [3.8, 4) is 0 Å². The van der Waals surface area contributed by atoms with E-state index in [4.69, 9.17) is 0 Å². The lowest BCUT2D eigenvalue weighted by atomic mass is 10.0. The highest BCUT2D eigenvalue weighted by atomic mass is 15.1. The van der Waals surface area contributed by atoms with Crippen LogP contribution in [0.2, 0.25) is 0 Å². The van der Waals surface area contributed by atoms with Crippen molar-refractivity contribution in [2.75, 3.05) is 6.54 Å². The molecule has 1 aliphatic rings. The zero-order valence-electron chi connectivity index (χ0n) is 11.2. The van der Waals surface area contributed by atoms with Gasteiger partial charge in [0.05, 0.1) is 12.0 Å². The normalized spacial score (nSPS) is 14.3. The summed E-state index contributed by atoms with van der Waals surface area (Å²) < 4.78 is 2.31. The lowest BCUT2D eigenvalue weighted by Gasteiger charge is -2.14. The van der Waals surface area contributed by atoms with E-state index in [1.54, 1.807) is 6.20 Å². The molecular weight excluding hydrogens is 236 g/mol. The van der Waals surface area contributed by atoms with Crippen LogP contribution in [0.3, 0.4) is 0 Å². The average molecular weight is 256 g/mol. The van der Waals surface area contributed by atoms with Gasteiger partial charge in [-0.15, -0.1) is 0 Å². The van der Waals surface area contributed by atoms with E-state index in [1.807, 2.05) is 18.6 Å². The quantitative estimate of drug-likeness (QED) is 0.831. The van der Waals surface area contributed by atoms with Gasteiger partial charge in [0.25, 0.3) is 0 Å². The molecule has 0 atom stereocenters. The molecule has 0 fully saturated rings. The zero-order valence-corrected chi connectivity index (χ0v) is 11.2. The van der Waals surface area contributed by atoms with Crippen molar-refractivity contribution in [2.24, 2.45) is 0 Å². The van der Waals surface area contributed by atoms with E-state index in [9.17, 15) is 0 Å². The van der Waals surface area contributed by atoms with Crippen LogP contribution < -0.4 is 5.32 Å². The fourth-order valence-corrected chi connectivity index (χ4v) is 2.66. The number of nitrogens with zero attached hydrogens (tertiary/aromatic N) is 3. The molecule has 0 radical (unpaired) electrons. The number of hydrogen-bond acceptors (Lipinski definition) is 3. The number of pyridine rings is 1. The molecule has 0 saturated carbocycles. The van der Waals surface area contributed by atoms with E-state index in [0.29, 0.717) is 0 Å². The first-order valence-corrected chi connectivity index (χ1v) is 7.06. The first kappa shape index (κ1) is 12.4. The van der Waals surface area contributed by atoms with Crippen LogP contribution in [-0.2, 0) is 25.9 Å². The van der Waals surface area contributed by atoms with E-state index in [0.717, 1.165) is 26.1 Å². The maximum atomic E-state index is 4.52. The molecule has 2 aromatic rings. The third kappa shape index (κ3) is 3.01. The highest BCUT2D eigenvalue weighted by molar-refractivity contribution is 5.16. The predicted molar refractivity (Wildman–Crippen MR) is 74.8 cm³/mol. The van der Waals surface area contributed by atoms with Crippen LogP contribution in [0.1, 0.15) is 29.8 Å². The third-order valence-electron chi connectivity index (χ3n) is 3.69. The number of aryl methyl sites for hydroxylation is 1. The maximum absolute atomic E-state index is 4.52. The summed E-state index contributed by atoms with van der Waals surface area (Å²) in [6.07, 6.45) is 10.7. The fraction of sp³-hybridized carbons (Fsp3) is 0.467. The molecule has 0 aliphatic heterocycles. The first-order chi connectivity index (χ1) is 9.43. The molecule has 2 aromatic heterocycles. The van der Waals surface area contributed by atoms with Gasteiger partial charge in [0.15, 0.2) is 0 Å². The minimum atomic E-state index is 0.880. The SMILES string of the molecule is c1cncc(CNCCn2cnc3c2CCCC3)c1. The van der Waals surface area contributed by atoms with Crippen LogP contribution in [-0.4, -0.2) is 21.1 Å². The van der Waals surface area contributed by atoms with Crippen molar-refractivity contribution in [2.45, 2.75) is 38.8 Å². The third-order valence-corrected chi connectivity index (χ3v) is 3.69. The molecule has 100 valence electrons. The summed E-state index contributed by atoms with van der Waals surface area (Å²) in [4.78, 5) is 8.63. The molecule has 0 amide bonds. The van der Waals surface area contributed by atoms with Crippen molar-refractivity contribution in [1.82, 2.24) is 19.9 Å². The monoisotopic (exact) mass is 256 g/mol. The Labute approximate surface area is 113 Å². The van der Waals surface area contributed by atoms with Gasteiger partial charge in [-0.2, -0.15) is 0 Å². The largest absolute Gasteiger partial charge is 0.333 e. The predicted octanol–water partition coefficient (Wildman–Crippen LogP) is 1.95. The van der Waals surface area contributed by atoms with Gasteiger partial charge < -0.3 is 9.88 Å². The summed E-state index contributed by atoms with van der Waals surface area (Å²) in [6, 6.07) is 4.07. The zero-order chi connectivity index (χ0) is 12.9. The van der Waals surface area contributed by atoms with Crippen LogP contribution in [0, 0.1) is 0 Å². The van der Waals surface area contributed by atoms with Crippen LogP contribution in [0.25, 0.3) is 0 Å². The molecule has 3 rings (SSSR count). The number of fused-ring (bicyclic) bond motifs is 1. The minimum Gasteiger partial charge on any atom is -0.333 e. The maximum Gasteiger partial charge on any atom is 0.0952 e. The molecule has 0 bridgehead atoms. The number of aromatic nitrogens is 3. The van der Waals surface area contributed by atoms with Crippen LogP contribution in [0.4, 0.5) is 0 Å². The lowest BCUT2D eigenvalue weighted by molar-refractivity contribution is 0.562. The van der Waals surface area contributed by atoms with E-state index in [-0.39, 0.29) is 0 Å². The molecule has 0 unspecified atom stereocenters. The Morgan fingerprint density at radius 2 is 2.21 bits per heavy atom. The lowest BCUT2D eigenvalue weighted by Crippen LogP contribution is -2.20. The summed E-state index contributed by atoms with van der Waals surface area (Å²) >= 11 is 0. The van der Waals surface area contributed by atoms with Gasteiger partial charge in [-0.3, -0.25) is 4.98 Å². The molecule has 0 spiro atoms. The molecule has 1 aliphatic carbocycles. The Morgan fingerprint density at radius 1 is 1.26 bits per heavy atom. The second-order valence-electron chi connectivity index (χ2n) is 5.08. The number of imidazole rings is 1. The number of rotatable bonds is 5. The summed E-state index contributed by atoms with van der Waals surface area (Å²) in [5.74, 6) is 0. The molecule has 4 nitrogen and oxygen atoms in total. The van der Waals surface area contributed by atoms with E-state index in [1.165, 1.54) is 36.2 Å². The van der Waals surface area contributed by atoms with Gasteiger partial charge in [-0.1, -0.05) is 6.07 Å². The average Bonchev–Trinajstić information content (AvgIpc) is 2.88. The van der Waals surface area contributed by atoms with Crippen LogP contribution in [0.5, 0.6) is 0 Å². The van der Waals surface area contributed by atoms with Crippen molar-refractivity contribution in [3.05, 3.63) is 47.8 Å². The number of hydrogen-bond donors (Lipinski definition) is 1. The van der Waals surface area contributed by atoms with Gasteiger partial charge >= 0.3 is 0 Å². The van der Waals surface area contributed by atoms with E-state index >= 15 is 0 Å². The Kier molecular flexibility index (Phi) is 3.89. The topological polar surface area (TPSA) is 42.7 Å². The molecule has 4 heteroatoms. The molecule has 0 saturated heterocycles. The summed E-state index contributed by atoms with van der Waals surface area (Å²) in [5, 5.41) is 3.46. The molecule has 0 aromatic carbocycles. The summed E-state index contributed by atoms with van der Waals surface area (Å²) in [7, 11) is 0. The van der Waals surface area contributed by atoms with Gasteiger partial charge in [-0.25, -0.2) is 4.98 Å². The van der Waals surface area contributed by atoms with Crippen molar-refractivity contribution >= 4 is 0 Å². The second-order valence-corrected chi connectivity index (χ2v) is 5.08. The molecular formula is C15H20N4. The smallest absolute Gasteiger partial charge is 0.0952 e. The second kappa shape index (κ2) is 5.97. The van der Waals surface area contributed by atoms with E-state index < -0.39 is 0 Å². The first-order valence-electron chi connectivity index (χ1n) is 7.06. The highest BCUT2D eigenvalue weighted by Crippen LogP contribution is 2.19. The van der Waals surface area contributed by atoms with Gasteiger partial charge in [0, 0.05) is 37.7 Å². The molecule has 2 heterocycles. The van der Waals surface area contributed by atoms with Crippen molar-refractivity contribution in [3.63, 3.8) is 0 Å². The molecule has 1 N–H and O–H groups in total. The standard InChI is InChI=1S/C15H20N4/c1-2-6-15-14(5-1)18-12-19(15)9-8-17-11-13-4-3-7-16-10-13/h3-4,7,10,12,17H,1-2,5-6,8-9,11H2. The summed E-state index contributed by atoms with van der Waals surface area (Å²) in [5.41, 5.74) is 4.00.